The Kier molecular flexibility index (Phi) is 3.42. The van der Waals surface area contributed by atoms with E-state index in [1.807, 2.05) is 0 Å². The second-order valence-electron chi connectivity index (χ2n) is 5.66. The summed E-state index contributed by atoms with van der Waals surface area (Å²) >= 11 is 0. The lowest BCUT2D eigenvalue weighted by atomic mass is 10.0. The van der Waals surface area contributed by atoms with Gasteiger partial charge in [0, 0.05) is 17.8 Å². The molecule has 0 radical (unpaired) electrons. The molecule has 0 amide bonds. The van der Waals surface area contributed by atoms with Gasteiger partial charge in [-0.3, -0.25) is 0 Å². The highest BCUT2D eigenvalue weighted by atomic mass is 32.2. The maximum absolute atomic E-state index is 13.9. The van der Waals surface area contributed by atoms with Crippen LogP contribution in [0.1, 0.15) is 25.7 Å². The smallest absolute Gasteiger partial charge is 0.246 e. The lowest BCUT2D eigenvalue weighted by Gasteiger charge is -2.36. The van der Waals surface area contributed by atoms with Gasteiger partial charge in [-0.05, 0) is 37.8 Å². The summed E-state index contributed by atoms with van der Waals surface area (Å²) in [5, 5.41) is 9.71. The molecule has 2 aliphatic rings. The average Bonchev–Trinajstić information content (AvgIpc) is 2.67. The number of nitrogens with two attached hydrogens (primary N) is 1. The van der Waals surface area contributed by atoms with Crippen LogP contribution in [0.3, 0.4) is 0 Å². The highest BCUT2D eigenvalue weighted by Crippen LogP contribution is 2.40. The van der Waals surface area contributed by atoms with E-state index >= 15 is 0 Å². The molecule has 2 fully saturated rings. The van der Waals surface area contributed by atoms with Gasteiger partial charge in [0.1, 0.15) is 4.90 Å². The zero-order chi connectivity index (χ0) is 15.4. The lowest BCUT2D eigenvalue weighted by Crippen LogP contribution is -2.48. The van der Waals surface area contributed by atoms with Crippen molar-refractivity contribution in [2.24, 2.45) is 0 Å². The second-order valence-corrected chi connectivity index (χ2v) is 7.47. The van der Waals surface area contributed by atoms with Crippen molar-refractivity contribution >= 4 is 15.7 Å². The standard InChI is InChI=1S/C13H16F2N2O3S/c14-11-3-7(16)4-12(13(11)15)21(19,20)17-8-1-2-9(17)6-10(18)5-8/h3-4,8-10,18H,1-2,5-6,16H2. The van der Waals surface area contributed by atoms with Crippen LogP contribution in [-0.4, -0.2) is 36.0 Å². The first kappa shape index (κ1) is 14.7. The van der Waals surface area contributed by atoms with E-state index in [0.717, 1.165) is 12.1 Å². The molecule has 116 valence electrons. The molecule has 2 saturated heterocycles. The third-order valence-corrected chi connectivity index (χ3v) is 6.22. The number of piperidine rings is 1. The molecule has 2 aliphatic heterocycles. The minimum absolute atomic E-state index is 0.142. The van der Waals surface area contributed by atoms with E-state index in [2.05, 4.69) is 0 Å². The number of anilines is 1. The van der Waals surface area contributed by atoms with Crippen molar-refractivity contribution in [3.63, 3.8) is 0 Å². The number of fused-ring (bicyclic) bond motifs is 2. The quantitative estimate of drug-likeness (QED) is 0.803. The first-order valence-corrected chi connectivity index (χ1v) is 8.21. The van der Waals surface area contributed by atoms with E-state index in [1.54, 1.807) is 0 Å². The predicted molar refractivity (Wildman–Crippen MR) is 71.8 cm³/mol. The summed E-state index contributed by atoms with van der Waals surface area (Å²) in [5.41, 5.74) is 5.29. The number of sulfonamides is 1. The van der Waals surface area contributed by atoms with Crippen molar-refractivity contribution in [1.82, 2.24) is 4.31 Å². The highest BCUT2D eigenvalue weighted by Gasteiger charge is 2.47. The van der Waals surface area contributed by atoms with Crippen molar-refractivity contribution < 1.29 is 22.3 Å². The zero-order valence-corrected chi connectivity index (χ0v) is 12.0. The Morgan fingerprint density at radius 1 is 1.19 bits per heavy atom. The van der Waals surface area contributed by atoms with Crippen LogP contribution in [0.15, 0.2) is 17.0 Å². The Balaban J connectivity index is 2.06. The molecule has 1 aromatic rings. The molecule has 0 spiro atoms. The summed E-state index contributed by atoms with van der Waals surface area (Å²) < 4.78 is 53.9. The number of hydrogen-bond acceptors (Lipinski definition) is 4. The van der Waals surface area contributed by atoms with E-state index < -0.39 is 32.7 Å². The van der Waals surface area contributed by atoms with Gasteiger partial charge in [0.25, 0.3) is 0 Å². The molecule has 3 N–H and O–H groups in total. The molecule has 2 unspecified atom stereocenters. The topological polar surface area (TPSA) is 83.6 Å². The Bertz CT molecular complexity index is 666. The van der Waals surface area contributed by atoms with Crippen LogP contribution < -0.4 is 5.73 Å². The van der Waals surface area contributed by atoms with Crippen LogP contribution in [0.2, 0.25) is 0 Å². The van der Waals surface area contributed by atoms with Gasteiger partial charge < -0.3 is 10.8 Å². The summed E-state index contributed by atoms with van der Waals surface area (Å²) in [5.74, 6) is -2.69. The van der Waals surface area contributed by atoms with Gasteiger partial charge in [-0.25, -0.2) is 17.2 Å². The molecule has 2 atom stereocenters. The molecule has 1 aromatic carbocycles. The van der Waals surface area contributed by atoms with E-state index in [1.165, 1.54) is 4.31 Å². The third kappa shape index (κ3) is 2.31. The van der Waals surface area contributed by atoms with Gasteiger partial charge in [-0.2, -0.15) is 4.31 Å². The van der Waals surface area contributed by atoms with Crippen LogP contribution in [0.4, 0.5) is 14.5 Å². The van der Waals surface area contributed by atoms with E-state index in [4.69, 9.17) is 5.73 Å². The minimum Gasteiger partial charge on any atom is -0.399 e. The monoisotopic (exact) mass is 318 g/mol. The fourth-order valence-corrected chi connectivity index (χ4v) is 5.39. The summed E-state index contributed by atoms with van der Waals surface area (Å²) in [6.07, 6.45) is 1.33. The van der Waals surface area contributed by atoms with Crippen molar-refractivity contribution in [2.75, 3.05) is 5.73 Å². The van der Waals surface area contributed by atoms with Crippen LogP contribution >= 0.6 is 0 Å². The Morgan fingerprint density at radius 2 is 1.76 bits per heavy atom. The summed E-state index contributed by atoms with van der Waals surface area (Å²) in [6.45, 7) is 0. The van der Waals surface area contributed by atoms with Gasteiger partial charge in [0.05, 0.1) is 6.10 Å². The Morgan fingerprint density at radius 3 is 2.33 bits per heavy atom. The van der Waals surface area contributed by atoms with Gasteiger partial charge in [0.15, 0.2) is 11.6 Å². The molecule has 5 nitrogen and oxygen atoms in total. The van der Waals surface area contributed by atoms with Crippen molar-refractivity contribution in [3.8, 4) is 0 Å². The largest absolute Gasteiger partial charge is 0.399 e. The zero-order valence-electron chi connectivity index (χ0n) is 11.2. The lowest BCUT2D eigenvalue weighted by molar-refractivity contribution is 0.0767. The number of halogens is 2. The normalized spacial score (nSPS) is 29.8. The van der Waals surface area contributed by atoms with E-state index in [0.29, 0.717) is 25.7 Å². The van der Waals surface area contributed by atoms with Crippen LogP contribution in [-0.2, 0) is 10.0 Å². The highest BCUT2D eigenvalue weighted by molar-refractivity contribution is 7.89. The summed E-state index contributed by atoms with van der Waals surface area (Å²) in [7, 11) is -4.17. The molecule has 3 rings (SSSR count). The average molecular weight is 318 g/mol. The molecule has 8 heteroatoms. The predicted octanol–water partition coefficient (Wildman–Crippen LogP) is 1.22. The maximum atomic E-state index is 13.9. The van der Waals surface area contributed by atoms with Gasteiger partial charge in [-0.15, -0.1) is 0 Å². The summed E-state index contributed by atoms with van der Waals surface area (Å²) in [6, 6.07) is 0.960. The number of nitrogens with zero attached hydrogens (tertiary/aromatic N) is 1. The van der Waals surface area contributed by atoms with E-state index in [-0.39, 0.29) is 17.8 Å². The first-order chi connectivity index (χ1) is 9.80. The number of nitrogen functional groups attached to an aromatic ring is 1. The molecule has 21 heavy (non-hydrogen) atoms. The molecule has 0 aliphatic carbocycles. The molecule has 2 bridgehead atoms. The molecular weight excluding hydrogens is 302 g/mol. The molecule has 2 heterocycles. The number of aliphatic hydroxyl groups excluding tert-OH is 1. The second kappa shape index (κ2) is 4.89. The van der Waals surface area contributed by atoms with Crippen molar-refractivity contribution in [3.05, 3.63) is 23.8 Å². The maximum Gasteiger partial charge on any atom is 0.246 e. The van der Waals surface area contributed by atoms with Crippen molar-refractivity contribution in [1.29, 1.82) is 0 Å². The van der Waals surface area contributed by atoms with Crippen LogP contribution in [0.25, 0.3) is 0 Å². The Hall–Kier alpha value is -1.25. The fourth-order valence-electron chi connectivity index (χ4n) is 3.38. The van der Waals surface area contributed by atoms with E-state index in [9.17, 15) is 22.3 Å². The fraction of sp³-hybridized carbons (Fsp3) is 0.538. The number of hydrogen-bond donors (Lipinski definition) is 2. The SMILES string of the molecule is Nc1cc(F)c(F)c(S(=O)(=O)N2C3CCC2CC(O)C3)c1. The molecular formula is C13H16F2N2O3S. The van der Waals surface area contributed by atoms with Crippen LogP contribution in [0, 0.1) is 11.6 Å². The van der Waals surface area contributed by atoms with Crippen molar-refractivity contribution in [2.45, 2.75) is 48.8 Å². The van der Waals surface area contributed by atoms with Gasteiger partial charge in [0.2, 0.25) is 10.0 Å². The summed E-state index contributed by atoms with van der Waals surface area (Å²) in [4.78, 5) is -0.728. The van der Waals surface area contributed by atoms with Gasteiger partial charge in [-0.1, -0.05) is 0 Å². The minimum atomic E-state index is -4.17. The Labute approximate surface area is 121 Å². The van der Waals surface area contributed by atoms with Gasteiger partial charge >= 0.3 is 0 Å². The number of aliphatic hydroxyl groups is 1. The first-order valence-electron chi connectivity index (χ1n) is 6.77. The number of rotatable bonds is 2. The molecule has 0 saturated carbocycles. The number of benzene rings is 1. The molecule has 0 aromatic heterocycles. The van der Waals surface area contributed by atoms with Crippen LogP contribution in [0.5, 0.6) is 0 Å². The third-order valence-electron chi connectivity index (χ3n) is 4.21.